The van der Waals surface area contributed by atoms with Crippen LogP contribution in [0.2, 0.25) is 0 Å². The molecule has 1 aromatic carbocycles. The Labute approximate surface area is 128 Å². The first-order valence-corrected chi connectivity index (χ1v) is 7.91. The van der Waals surface area contributed by atoms with Crippen molar-refractivity contribution >= 4 is 21.4 Å². The van der Waals surface area contributed by atoms with Gasteiger partial charge in [-0.05, 0) is 37.8 Å². The van der Waals surface area contributed by atoms with Crippen molar-refractivity contribution in [2.45, 2.75) is 39.4 Å². The largest absolute Gasteiger partial charge is 0.307 e. The summed E-state index contributed by atoms with van der Waals surface area (Å²) >= 11 is 1.86. The van der Waals surface area contributed by atoms with E-state index in [1.54, 1.807) is 12.7 Å². The normalized spacial score (nSPS) is 12.1. The number of rotatable bonds is 4. The van der Waals surface area contributed by atoms with E-state index in [1.165, 1.54) is 20.5 Å². The van der Waals surface area contributed by atoms with Gasteiger partial charge in [0, 0.05) is 21.7 Å². The molecule has 0 amide bonds. The first-order chi connectivity index (χ1) is 10.0. The summed E-state index contributed by atoms with van der Waals surface area (Å²) < 4.78 is 3.22. The molecule has 0 unspecified atom stereocenters. The number of benzene rings is 1. The molecule has 2 heterocycles. The van der Waals surface area contributed by atoms with Crippen LogP contribution < -0.4 is 5.32 Å². The van der Waals surface area contributed by atoms with E-state index in [4.69, 9.17) is 0 Å². The van der Waals surface area contributed by atoms with Crippen LogP contribution in [-0.2, 0) is 13.1 Å². The van der Waals surface area contributed by atoms with Gasteiger partial charge in [-0.25, -0.2) is 9.67 Å². The zero-order valence-electron chi connectivity index (χ0n) is 12.6. The smallest absolute Gasteiger partial charge is 0.137 e. The molecule has 0 aliphatic rings. The first-order valence-electron chi connectivity index (χ1n) is 7.10. The average Bonchev–Trinajstić information content (AvgIpc) is 3.05. The number of hydrogen-bond acceptors (Lipinski definition) is 4. The summed E-state index contributed by atoms with van der Waals surface area (Å²) in [6, 6.07) is 8.57. The molecule has 0 aliphatic heterocycles. The predicted octanol–water partition coefficient (Wildman–Crippen LogP) is 3.43. The second kappa shape index (κ2) is 5.58. The third-order valence-electron chi connectivity index (χ3n) is 3.35. The van der Waals surface area contributed by atoms with E-state index in [2.05, 4.69) is 60.4 Å². The maximum Gasteiger partial charge on any atom is 0.137 e. The van der Waals surface area contributed by atoms with Gasteiger partial charge in [0.05, 0.1) is 6.54 Å². The van der Waals surface area contributed by atoms with Crippen molar-refractivity contribution in [2.24, 2.45) is 0 Å². The maximum absolute atomic E-state index is 4.24. The fraction of sp³-hybridized carbons (Fsp3) is 0.375. The molecule has 0 spiro atoms. The molecule has 21 heavy (non-hydrogen) atoms. The predicted molar refractivity (Wildman–Crippen MR) is 87.5 cm³/mol. The first kappa shape index (κ1) is 14.2. The van der Waals surface area contributed by atoms with Crippen LogP contribution >= 0.6 is 11.3 Å². The van der Waals surface area contributed by atoms with Crippen LogP contribution in [0.25, 0.3) is 10.1 Å². The Morgan fingerprint density at radius 2 is 2.05 bits per heavy atom. The minimum Gasteiger partial charge on any atom is -0.307 e. The molecule has 2 aromatic heterocycles. The Hall–Kier alpha value is -1.72. The molecule has 0 bridgehead atoms. The molecular formula is C16H20N4S. The minimum atomic E-state index is 0.112. The molecule has 5 heteroatoms. The van der Waals surface area contributed by atoms with Crippen molar-refractivity contribution in [3.05, 3.63) is 47.4 Å². The molecule has 3 aromatic rings. The third-order valence-corrected chi connectivity index (χ3v) is 4.56. The summed E-state index contributed by atoms with van der Waals surface area (Å²) in [6.45, 7) is 8.23. The van der Waals surface area contributed by atoms with Gasteiger partial charge in [-0.1, -0.05) is 18.2 Å². The molecule has 1 N–H and O–H groups in total. The molecule has 0 saturated heterocycles. The molecule has 0 fully saturated rings. The van der Waals surface area contributed by atoms with E-state index < -0.39 is 0 Å². The Balaban J connectivity index is 1.97. The highest BCUT2D eigenvalue weighted by molar-refractivity contribution is 7.19. The van der Waals surface area contributed by atoms with Crippen molar-refractivity contribution in [2.75, 3.05) is 0 Å². The van der Waals surface area contributed by atoms with Crippen LogP contribution in [0.5, 0.6) is 0 Å². The fourth-order valence-corrected chi connectivity index (χ4v) is 3.44. The van der Waals surface area contributed by atoms with Gasteiger partial charge < -0.3 is 5.32 Å². The highest BCUT2D eigenvalue weighted by Gasteiger charge is 2.15. The van der Waals surface area contributed by atoms with Crippen molar-refractivity contribution in [3.8, 4) is 0 Å². The van der Waals surface area contributed by atoms with Crippen LogP contribution in [0.1, 0.15) is 31.2 Å². The molecule has 0 radical (unpaired) electrons. The topological polar surface area (TPSA) is 42.7 Å². The van der Waals surface area contributed by atoms with E-state index in [9.17, 15) is 0 Å². The van der Waals surface area contributed by atoms with Crippen molar-refractivity contribution < 1.29 is 0 Å². The number of nitrogens with zero attached hydrogens (tertiary/aromatic N) is 3. The zero-order chi connectivity index (χ0) is 14.9. The third kappa shape index (κ3) is 3.31. The Morgan fingerprint density at radius 1 is 1.24 bits per heavy atom. The lowest BCUT2D eigenvalue weighted by molar-refractivity contribution is 0.425. The summed E-state index contributed by atoms with van der Waals surface area (Å²) in [4.78, 5) is 5.41. The highest BCUT2D eigenvalue weighted by Crippen LogP contribution is 2.32. The summed E-state index contributed by atoms with van der Waals surface area (Å²) in [7, 11) is 0. The van der Waals surface area contributed by atoms with E-state index in [0.29, 0.717) is 0 Å². The molecule has 110 valence electrons. The van der Waals surface area contributed by atoms with Gasteiger partial charge in [-0.3, -0.25) is 0 Å². The number of aromatic nitrogens is 3. The van der Waals surface area contributed by atoms with Gasteiger partial charge in [0.15, 0.2) is 0 Å². The summed E-state index contributed by atoms with van der Waals surface area (Å²) in [5.41, 5.74) is 1.46. The quantitative estimate of drug-likeness (QED) is 0.802. The molecule has 0 aliphatic carbocycles. The SMILES string of the molecule is CC(C)(C)NCc1sc2ccccc2c1Cn1cncn1. The van der Waals surface area contributed by atoms with Gasteiger partial charge >= 0.3 is 0 Å². The molecule has 4 nitrogen and oxygen atoms in total. The number of hydrogen-bond donors (Lipinski definition) is 1. The second-order valence-corrected chi connectivity index (χ2v) is 7.33. The number of nitrogens with one attached hydrogen (secondary N) is 1. The molecular weight excluding hydrogens is 280 g/mol. The van der Waals surface area contributed by atoms with E-state index in [0.717, 1.165) is 13.1 Å². The Kier molecular flexibility index (Phi) is 3.78. The maximum atomic E-state index is 4.24. The van der Waals surface area contributed by atoms with Gasteiger partial charge in [-0.2, -0.15) is 5.10 Å². The fourth-order valence-electron chi connectivity index (χ4n) is 2.29. The van der Waals surface area contributed by atoms with E-state index in [1.807, 2.05) is 16.0 Å². The van der Waals surface area contributed by atoms with Gasteiger partial charge in [0.2, 0.25) is 0 Å². The Bertz CT molecular complexity index is 722. The van der Waals surface area contributed by atoms with Crippen molar-refractivity contribution in [1.82, 2.24) is 20.1 Å². The molecule has 3 rings (SSSR count). The lowest BCUT2D eigenvalue weighted by atomic mass is 10.1. The van der Waals surface area contributed by atoms with Crippen molar-refractivity contribution in [1.29, 1.82) is 0 Å². The average molecular weight is 300 g/mol. The van der Waals surface area contributed by atoms with Crippen LogP contribution in [0, 0.1) is 0 Å². The highest BCUT2D eigenvalue weighted by atomic mass is 32.1. The second-order valence-electron chi connectivity index (χ2n) is 6.20. The lowest BCUT2D eigenvalue weighted by Crippen LogP contribution is -2.35. The van der Waals surface area contributed by atoms with Crippen LogP contribution in [-0.4, -0.2) is 20.3 Å². The standard InChI is InChI=1S/C16H20N4S/c1-16(2,3)18-8-15-13(9-20-11-17-10-19-20)12-6-4-5-7-14(12)21-15/h4-7,10-11,18H,8-9H2,1-3H3. The Morgan fingerprint density at radius 3 is 2.76 bits per heavy atom. The minimum absolute atomic E-state index is 0.112. The van der Waals surface area contributed by atoms with E-state index >= 15 is 0 Å². The zero-order valence-corrected chi connectivity index (χ0v) is 13.4. The summed E-state index contributed by atoms with van der Waals surface area (Å²) in [6.07, 6.45) is 3.36. The molecule has 0 saturated carbocycles. The monoisotopic (exact) mass is 300 g/mol. The molecule has 0 atom stereocenters. The van der Waals surface area contributed by atoms with Crippen molar-refractivity contribution in [3.63, 3.8) is 0 Å². The van der Waals surface area contributed by atoms with Crippen LogP contribution in [0.4, 0.5) is 0 Å². The summed E-state index contributed by atoms with van der Waals surface area (Å²) in [5.74, 6) is 0. The van der Waals surface area contributed by atoms with Crippen LogP contribution in [0.3, 0.4) is 0 Å². The number of thiophene rings is 1. The summed E-state index contributed by atoms with van der Waals surface area (Å²) in [5, 5.41) is 9.14. The lowest BCUT2D eigenvalue weighted by Gasteiger charge is -2.20. The van der Waals surface area contributed by atoms with Gasteiger partial charge in [0.1, 0.15) is 12.7 Å². The van der Waals surface area contributed by atoms with Gasteiger partial charge in [0.25, 0.3) is 0 Å². The van der Waals surface area contributed by atoms with Crippen LogP contribution in [0.15, 0.2) is 36.9 Å². The van der Waals surface area contributed by atoms with Gasteiger partial charge in [-0.15, -0.1) is 11.3 Å². The van der Waals surface area contributed by atoms with E-state index in [-0.39, 0.29) is 5.54 Å². The number of fused-ring (bicyclic) bond motifs is 1.